The predicted octanol–water partition coefficient (Wildman–Crippen LogP) is 2.71. The van der Waals surface area contributed by atoms with Crippen LogP contribution in [-0.4, -0.2) is 28.6 Å². The molecule has 1 aliphatic heterocycles. The monoisotopic (exact) mass is 350 g/mol. The third-order valence-corrected chi connectivity index (χ3v) is 5.55. The van der Waals surface area contributed by atoms with E-state index in [1.165, 1.54) is 5.56 Å². The number of benzene rings is 2. The zero-order chi connectivity index (χ0) is 18.1. The first-order valence-corrected chi connectivity index (χ1v) is 8.98. The minimum atomic E-state index is -0.394. The van der Waals surface area contributed by atoms with Gasteiger partial charge in [-0.05, 0) is 48.1 Å². The molecule has 2 aliphatic rings. The summed E-state index contributed by atoms with van der Waals surface area (Å²) in [4.78, 5) is 24.2. The summed E-state index contributed by atoms with van der Waals surface area (Å²) < 4.78 is 0. The molecule has 1 aliphatic carbocycles. The summed E-state index contributed by atoms with van der Waals surface area (Å²) in [7, 11) is 0. The van der Waals surface area contributed by atoms with Crippen LogP contribution in [0.1, 0.15) is 39.9 Å². The summed E-state index contributed by atoms with van der Waals surface area (Å²) in [5, 5.41) is 13.9. The number of carbonyl (C=O) groups is 2. The van der Waals surface area contributed by atoms with Gasteiger partial charge in [-0.15, -0.1) is 0 Å². The number of amides is 2. The molecule has 5 heteroatoms. The molecule has 0 bridgehead atoms. The molecule has 1 spiro atoms. The molecule has 2 amide bonds. The summed E-state index contributed by atoms with van der Waals surface area (Å²) in [5.41, 5.74) is 3.76. The van der Waals surface area contributed by atoms with Gasteiger partial charge < -0.3 is 5.32 Å². The highest BCUT2D eigenvalue weighted by Crippen LogP contribution is 2.40. The second kappa shape index (κ2) is 6.57. The van der Waals surface area contributed by atoms with Crippen molar-refractivity contribution in [2.24, 2.45) is 5.41 Å². The number of carbonyl (C=O) groups excluding carboxylic acids is 2. The molecule has 0 saturated carbocycles. The Hall–Kier alpha value is -2.66. The van der Waals surface area contributed by atoms with Gasteiger partial charge in [-0.2, -0.15) is 0 Å². The first kappa shape index (κ1) is 16.8. The second-order valence-corrected chi connectivity index (χ2v) is 7.46. The maximum Gasteiger partial charge on any atom is 0.277 e. The van der Waals surface area contributed by atoms with Crippen LogP contribution in [0.3, 0.4) is 0 Å². The molecule has 5 nitrogen and oxygen atoms in total. The Morgan fingerprint density at radius 3 is 2.65 bits per heavy atom. The summed E-state index contributed by atoms with van der Waals surface area (Å²) in [6, 6.07) is 15.1. The van der Waals surface area contributed by atoms with E-state index in [0.29, 0.717) is 12.0 Å². The Balaban J connectivity index is 1.49. The molecule has 1 atom stereocenters. The Morgan fingerprint density at radius 1 is 1.12 bits per heavy atom. The van der Waals surface area contributed by atoms with Crippen LogP contribution in [0.25, 0.3) is 0 Å². The summed E-state index contributed by atoms with van der Waals surface area (Å²) >= 11 is 0. The minimum Gasteiger partial charge on any atom is -0.356 e. The van der Waals surface area contributed by atoms with Crippen molar-refractivity contribution in [2.75, 3.05) is 6.54 Å². The van der Waals surface area contributed by atoms with E-state index < -0.39 is 5.91 Å². The highest BCUT2D eigenvalue weighted by atomic mass is 16.5. The topological polar surface area (TPSA) is 69.6 Å². The van der Waals surface area contributed by atoms with E-state index in [0.717, 1.165) is 42.0 Å². The normalized spacial score (nSPS) is 21.3. The SMILES string of the molecule is O=C1C[C@@]2(CCc3cc(C(=O)N(O)Cc4ccccc4)ccc3C2)CN1. The lowest BCUT2D eigenvalue weighted by atomic mass is 9.71. The van der Waals surface area contributed by atoms with Crippen LogP contribution in [0.2, 0.25) is 0 Å². The van der Waals surface area contributed by atoms with E-state index >= 15 is 0 Å². The standard InChI is InChI=1S/C21H22N2O3/c24-19-12-21(14-22-19)9-8-16-10-17(6-7-18(16)11-21)20(25)23(26)13-15-4-2-1-3-5-15/h1-7,10,26H,8-9,11-14H2,(H,22,24)/t21-/m0/s1. The van der Waals surface area contributed by atoms with Crippen molar-refractivity contribution >= 4 is 11.8 Å². The van der Waals surface area contributed by atoms with E-state index in [2.05, 4.69) is 5.32 Å². The van der Waals surface area contributed by atoms with Crippen molar-refractivity contribution in [1.29, 1.82) is 0 Å². The predicted molar refractivity (Wildman–Crippen MR) is 96.6 cm³/mol. The molecule has 1 saturated heterocycles. The number of nitrogens with zero attached hydrogens (tertiary/aromatic N) is 1. The molecular formula is C21H22N2O3. The third-order valence-electron chi connectivity index (χ3n) is 5.55. The van der Waals surface area contributed by atoms with Gasteiger partial charge in [0.25, 0.3) is 5.91 Å². The van der Waals surface area contributed by atoms with Crippen LogP contribution >= 0.6 is 0 Å². The molecule has 2 aromatic rings. The number of hydroxylamine groups is 2. The third kappa shape index (κ3) is 3.22. The van der Waals surface area contributed by atoms with Crippen molar-refractivity contribution in [3.8, 4) is 0 Å². The Bertz CT molecular complexity index is 850. The number of hydrogen-bond donors (Lipinski definition) is 2. The van der Waals surface area contributed by atoms with Gasteiger partial charge in [0, 0.05) is 23.9 Å². The van der Waals surface area contributed by atoms with E-state index in [9.17, 15) is 14.8 Å². The molecule has 0 aromatic heterocycles. The average Bonchev–Trinajstić information content (AvgIpc) is 3.01. The number of rotatable bonds is 3. The Labute approximate surface area is 152 Å². The van der Waals surface area contributed by atoms with Crippen LogP contribution < -0.4 is 5.32 Å². The fourth-order valence-electron chi connectivity index (χ4n) is 4.09. The largest absolute Gasteiger partial charge is 0.356 e. The van der Waals surface area contributed by atoms with E-state index in [4.69, 9.17) is 0 Å². The molecule has 2 aromatic carbocycles. The number of hydrogen-bond acceptors (Lipinski definition) is 3. The van der Waals surface area contributed by atoms with Crippen molar-refractivity contribution in [2.45, 2.75) is 32.2 Å². The smallest absolute Gasteiger partial charge is 0.277 e. The minimum absolute atomic E-state index is 0.0337. The second-order valence-electron chi connectivity index (χ2n) is 7.46. The highest BCUT2D eigenvalue weighted by molar-refractivity contribution is 5.93. The summed E-state index contributed by atoms with van der Waals surface area (Å²) in [6.07, 6.45) is 3.26. The van der Waals surface area contributed by atoms with Gasteiger partial charge in [0.05, 0.1) is 6.54 Å². The lowest BCUT2D eigenvalue weighted by Gasteiger charge is -2.33. The lowest BCUT2D eigenvalue weighted by Crippen LogP contribution is -2.31. The van der Waals surface area contributed by atoms with E-state index in [1.807, 2.05) is 42.5 Å². The molecule has 1 heterocycles. The Kier molecular flexibility index (Phi) is 4.24. The summed E-state index contributed by atoms with van der Waals surface area (Å²) in [6.45, 7) is 0.904. The first-order valence-electron chi connectivity index (χ1n) is 8.98. The van der Waals surface area contributed by atoms with Crippen molar-refractivity contribution in [3.63, 3.8) is 0 Å². The van der Waals surface area contributed by atoms with Crippen molar-refractivity contribution in [1.82, 2.24) is 10.4 Å². The zero-order valence-electron chi connectivity index (χ0n) is 14.6. The highest BCUT2D eigenvalue weighted by Gasteiger charge is 2.40. The van der Waals surface area contributed by atoms with E-state index in [1.54, 1.807) is 6.07 Å². The molecule has 0 unspecified atom stereocenters. The van der Waals surface area contributed by atoms with Gasteiger partial charge >= 0.3 is 0 Å². The van der Waals surface area contributed by atoms with Crippen LogP contribution in [0.15, 0.2) is 48.5 Å². The molecule has 0 radical (unpaired) electrons. The molecule has 4 rings (SSSR count). The summed E-state index contributed by atoms with van der Waals surface area (Å²) in [5.74, 6) is -0.258. The maximum atomic E-state index is 12.5. The quantitative estimate of drug-likeness (QED) is 0.661. The maximum absolute atomic E-state index is 12.5. The van der Waals surface area contributed by atoms with E-state index in [-0.39, 0.29) is 17.9 Å². The molecule has 26 heavy (non-hydrogen) atoms. The van der Waals surface area contributed by atoms with Crippen molar-refractivity contribution < 1.29 is 14.8 Å². The zero-order valence-corrected chi connectivity index (χ0v) is 14.6. The van der Waals surface area contributed by atoms with Gasteiger partial charge in [-0.3, -0.25) is 14.8 Å². The Morgan fingerprint density at radius 2 is 1.92 bits per heavy atom. The number of nitrogens with one attached hydrogen (secondary N) is 1. The van der Waals surface area contributed by atoms with Crippen LogP contribution in [0.4, 0.5) is 0 Å². The molecular weight excluding hydrogens is 328 g/mol. The van der Waals surface area contributed by atoms with Crippen LogP contribution in [0, 0.1) is 5.41 Å². The average molecular weight is 350 g/mol. The van der Waals surface area contributed by atoms with Crippen LogP contribution in [-0.2, 0) is 24.2 Å². The van der Waals surface area contributed by atoms with Gasteiger partial charge in [0.15, 0.2) is 0 Å². The van der Waals surface area contributed by atoms with Crippen molar-refractivity contribution in [3.05, 3.63) is 70.8 Å². The first-order chi connectivity index (χ1) is 12.5. The lowest BCUT2D eigenvalue weighted by molar-refractivity contribution is -0.119. The van der Waals surface area contributed by atoms with Gasteiger partial charge in [-0.1, -0.05) is 36.4 Å². The van der Waals surface area contributed by atoms with Gasteiger partial charge in [-0.25, -0.2) is 5.06 Å². The van der Waals surface area contributed by atoms with Gasteiger partial charge in [0.1, 0.15) is 0 Å². The van der Waals surface area contributed by atoms with Crippen LogP contribution in [0.5, 0.6) is 0 Å². The molecule has 134 valence electrons. The molecule has 1 fully saturated rings. The fraction of sp³-hybridized carbons (Fsp3) is 0.333. The van der Waals surface area contributed by atoms with Gasteiger partial charge in [0.2, 0.25) is 5.91 Å². The number of fused-ring (bicyclic) bond motifs is 1. The molecule has 2 N–H and O–H groups in total. The number of aryl methyl sites for hydroxylation is 1. The fourth-order valence-corrected chi connectivity index (χ4v) is 4.09.